The van der Waals surface area contributed by atoms with Crippen molar-refractivity contribution in [2.24, 2.45) is 0 Å². The SMILES string of the molecule is C[Si]1O[Si](C)[Si](C)(C)[Si](C)O[Si]1(C)C. The lowest BCUT2D eigenvalue weighted by molar-refractivity contribution is 0.581. The standard InChI is InChI=1S/C7H21O2Si5/c1-10-8-11(2)14(6,7)12(3)9-13(10,4)5/h1-7H3. The summed E-state index contributed by atoms with van der Waals surface area (Å²) in [4.78, 5) is 0. The minimum atomic E-state index is -1.45. The molecule has 7 heteroatoms. The molecular weight excluding hydrogens is 257 g/mol. The molecule has 0 amide bonds. The summed E-state index contributed by atoms with van der Waals surface area (Å²) in [6.45, 7) is 16.7. The third-order valence-electron chi connectivity index (χ3n) is 3.32. The van der Waals surface area contributed by atoms with Gasteiger partial charge in [-0.15, -0.1) is 0 Å². The summed E-state index contributed by atoms with van der Waals surface area (Å²) in [5.41, 5.74) is 0. The Balaban J connectivity index is 2.93. The molecule has 1 aliphatic rings. The van der Waals surface area contributed by atoms with Gasteiger partial charge in [0, 0.05) is 0 Å². The number of hydrogen-bond donors (Lipinski definition) is 0. The lowest BCUT2D eigenvalue weighted by atomic mass is 11.9. The summed E-state index contributed by atoms with van der Waals surface area (Å²) in [5.74, 6) is 0. The summed E-state index contributed by atoms with van der Waals surface area (Å²) in [7, 11) is -4.33. The van der Waals surface area contributed by atoms with E-state index in [9.17, 15) is 0 Å². The van der Waals surface area contributed by atoms with Crippen molar-refractivity contribution in [1.82, 2.24) is 0 Å². The average Bonchev–Trinajstić information content (AvgIpc) is 2.05. The predicted molar refractivity (Wildman–Crippen MR) is 72.0 cm³/mol. The van der Waals surface area contributed by atoms with E-state index in [1.54, 1.807) is 0 Å². The van der Waals surface area contributed by atoms with Crippen molar-refractivity contribution < 1.29 is 8.23 Å². The highest BCUT2D eigenvalue weighted by Crippen LogP contribution is 2.24. The van der Waals surface area contributed by atoms with E-state index in [0.29, 0.717) is 0 Å². The van der Waals surface area contributed by atoms with Crippen LogP contribution < -0.4 is 0 Å². The van der Waals surface area contributed by atoms with Gasteiger partial charge in [0.25, 0.3) is 0 Å². The van der Waals surface area contributed by atoms with E-state index in [2.05, 4.69) is 45.8 Å². The van der Waals surface area contributed by atoms with Crippen LogP contribution in [0.4, 0.5) is 0 Å². The van der Waals surface area contributed by atoms with Crippen molar-refractivity contribution in [2.45, 2.75) is 45.8 Å². The van der Waals surface area contributed by atoms with Gasteiger partial charge in [0.15, 0.2) is 25.0 Å². The van der Waals surface area contributed by atoms with Gasteiger partial charge in [-0.1, -0.05) is 13.1 Å². The first-order valence-electron chi connectivity index (χ1n) is 5.07. The molecule has 1 fully saturated rings. The Morgan fingerprint density at radius 2 is 1.29 bits per heavy atom. The second-order valence-electron chi connectivity index (χ2n) is 5.01. The molecule has 0 bridgehead atoms. The molecule has 0 aromatic heterocycles. The Kier molecular flexibility index (Phi) is 3.84. The molecule has 0 saturated carbocycles. The molecule has 0 N–H and O–H groups in total. The Morgan fingerprint density at radius 1 is 0.786 bits per heavy atom. The molecule has 1 saturated heterocycles. The molecule has 1 rings (SSSR count). The van der Waals surface area contributed by atoms with Gasteiger partial charge in [-0.3, -0.25) is 0 Å². The van der Waals surface area contributed by atoms with E-state index in [4.69, 9.17) is 8.23 Å². The Morgan fingerprint density at radius 3 is 1.79 bits per heavy atom. The van der Waals surface area contributed by atoms with Gasteiger partial charge in [0.2, 0.25) is 8.56 Å². The van der Waals surface area contributed by atoms with Gasteiger partial charge >= 0.3 is 0 Å². The molecule has 1 heterocycles. The van der Waals surface area contributed by atoms with Crippen LogP contribution in [-0.2, 0) is 8.23 Å². The lowest BCUT2D eigenvalue weighted by Crippen LogP contribution is -2.57. The van der Waals surface area contributed by atoms with Crippen LogP contribution in [0.15, 0.2) is 0 Å². The maximum atomic E-state index is 6.44. The molecule has 0 aromatic rings. The largest absolute Gasteiger partial charge is 0.459 e. The minimum absolute atomic E-state index is 0.534. The highest BCUT2D eigenvalue weighted by Gasteiger charge is 2.50. The van der Waals surface area contributed by atoms with E-state index in [0.717, 1.165) is 0 Å². The summed E-state index contributed by atoms with van der Waals surface area (Å²) in [5, 5.41) is 0. The molecule has 0 spiro atoms. The third kappa shape index (κ3) is 2.39. The van der Waals surface area contributed by atoms with Crippen LogP contribution in [0.5, 0.6) is 0 Å². The fourth-order valence-corrected chi connectivity index (χ4v) is 35.4. The van der Waals surface area contributed by atoms with Crippen LogP contribution >= 0.6 is 0 Å². The van der Waals surface area contributed by atoms with Crippen LogP contribution in [0, 0.1) is 0 Å². The molecule has 2 nitrogen and oxygen atoms in total. The molecule has 14 heavy (non-hydrogen) atoms. The molecule has 0 aliphatic carbocycles. The van der Waals surface area contributed by atoms with E-state index < -0.39 is 40.6 Å². The van der Waals surface area contributed by atoms with Crippen molar-refractivity contribution in [3.05, 3.63) is 0 Å². The molecule has 0 unspecified atom stereocenters. The van der Waals surface area contributed by atoms with Gasteiger partial charge in [-0.25, -0.2) is 0 Å². The van der Waals surface area contributed by atoms with Crippen LogP contribution in [0.2, 0.25) is 45.8 Å². The maximum Gasteiger partial charge on any atom is 0.211 e. The van der Waals surface area contributed by atoms with Crippen LogP contribution in [0.1, 0.15) is 0 Å². The average molecular weight is 278 g/mol. The third-order valence-corrected chi connectivity index (χ3v) is 39.9. The van der Waals surface area contributed by atoms with Gasteiger partial charge < -0.3 is 8.23 Å². The second-order valence-corrected chi connectivity index (χ2v) is 35.2. The normalized spacial score (nSPS) is 30.2. The van der Waals surface area contributed by atoms with Gasteiger partial charge in [-0.2, -0.15) is 0 Å². The lowest BCUT2D eigenvalue weighted by Gasteiger charge is -2.30. The fourth-order valence-electron chi connectivity index (χ4n) is 1.31. The van der Waals surface area contributed by atoms with Crippen LogP contribution in [-0.4, -0.2) is 40.6 Å². The van der Waals surface area contributed by atoms with Crippen molar-refractivity contribution in [1.29, 1.82) is 0 Å². The van der Waals surface area contributed by atoms with Crippen molar-refractivity contribution in [3.8, 4) is 0 Å². The molecule has 81 valence electrons. The molecule has 1 aliphatic heterocycles. The zero-order valence-corrected chi connectivity index (χ0v) is 15.3. The van der Waals surface area contributed by atoms with E-state index in [-0.39, 0.29) is 0 Å². The molecule has 0 atom stereocenters. The number of hydrogen-bond acceptors (Lipinski definition) is 2. The van der Waals surface area contributed by atoms with Gasteiger partial charge in [0.05, 0.1) is 7.11 Å². The summed E-state index contributed by atoms with van der Waals surface area (Å²) >= 11 is 0. The van der Waals surface area contributed by atoms with E-state index in [1.807, 2.05) is 0 Å². The quantitative estimate of drug-likeness (QED) is 0.631. The zero-order valence-electron chi connectivity index (χ0n) is 10.3. The van der Waals surface area contributed by atoms with Crippen LogP contribution in [0.25, 0.3) is 0 Å². The fraction of sp³-hybridized carbons (Fsp3) is 1.00. The van der Waals surface area contributed by atoms with Gasteiger partial charge in [-0.05, 0) is 32.7 Å². The highest BCUT2D eigenvalue weighted by atomic mass is 29.6. The first-order valence-corrected chi connectivity index (χ1v) is 19.7. The molecule has 0 aromatic carbocycles. The summed E-state index contributed by atoms with van der Waals surface area (Å²) in [6, 6.07) is 0. The predicted octanol–water partition coefficient (Wildman–Crippen LogP) is 2.05. The summed E-state index contributed by atoms with van der Waals surface area (Å²) < 4.78 is 12.8. The summed E-state index contributed by atoms with van der Waals surface area (Å²) in [6.07, 6.45) is 0. The molecule has 3 radical (unpaired) electrons. The van der Waals surface area contributed by atoms with E-state index in [1.165, 1.54) is 0 Å². The van der Waals surface area contributed by atoms with Crippen LogP contribution in [0.3, 0.4) is 0 Å². The zero-order chi connectivity index (χ0) is 11.1. The number of rotatable bonds is 0. The molecular formula is C7H21O2Si5. The van der Waals surface area contributed by atoms with Crippen molar-refractivity contribution >= 4 is 40.6 Å². The van der Waals surface area contributed by atoms with Gasteiger partial charge in [0.1, 0.15) is 0 Å². The topological polar surface area (TPSA) is 18.5 Å². The monoisotopic (exact) mass is 277 g/mol. The van der Waals surface area contributed by atoms with E-state index >= 15 is 0 Å². The smallest absolute Gasteiger partial charge is 0.211 e. The van der Waals surface area contributed by atoms with Crippen molar-refractivity contribution in [3.63, 3.8) is 0 Å². The van der Waals surface area contributed by atoms with Crippen molar-refractivity contribution in [2.75, 3.05) is 0 Å². The highest BCUT2D eigenvalue weighted by molar-refractivity contribution is 7.59. The second kappa shape index (κ2) is 4.11. The first-order chi connectivity index (χ1) is 6.18. The minimum Gasteiger partial charge on any atom is -0.459 e. The Labute approximate surface area is 94.7 Å². The Hall–Kier alpha value is 1.00. The first kappa shape index (κ1) is 13.1. The maximum absolute atomic E-state index is 6.44. The Bertz CT molecular complexity index is 220.